The number of fused-ring (bicyclic) bond motifs is 4. The van der Waals surface area contributed by atoms with Crippen molar-refractivity contribution in [2.24, 2.45) is 0 Å². The number of para-hydroxylation sites is 1. The molecule has 4 aromatic rings. The minimum atomic E-state index is -0.177. The van der Waals surface area contributed by atoms with Gasteiger partial charge in [-0.05, 0) is 43.2 Å². The summed E-state index contributed by atoms with van der Waals surface area (Å²) in [5.74, 6) is -0.149. The quantitative estimate of drug-likeness (QED) is 0.483. The lowest BCUT2D eigenvalue weighted by Crippen LogP contribution is -2.30. The van der Waals surface area contributed by atoms with Crippen molar-refractivity contribution in [1.82, 2.24) is 9.38 Å². The maximum Gasteiger partial charge on any atom is 0.275 e. The number of benzene rings is 2. The average Bonchev–Trinajstić information content (AvgIpc) is 3.20. The van der Waals surface area contributed by atoms with Crippen LogP contribution in [0, 0.1) is 13.8 Å². The first kappa shape index (κ1) is 15.3. The van der Waals surface area contributed by atoms with Gasteiger partial charge in [0.25, 0.3) is 11.5 Å². The van der Waals surface area contributed by atoms with E-state index in [0.29, 0.717) is 15.1 Å². The lowest BCUT2D eigenvalue weighted by Gasteiger charge is -2.07. The topological polar surface area (TPSA) is 54.7 Å². The molecule has 6 heteroatoms. The highest BCUT2D eigenvalue weighted by molar-refractivity contribution is 7.15. The third-order valence-corrected chi connectivity index (χ3v) is 6.15. The largest absolute Gasteiger partial charge is 0.311 e. The summed E-state index contributed by atoms with van der Waals surface area (Å²) >= 11 is 1.28. The first-order valence-electron chi connectivity index (χ1n) is 8.31. The molecule has 0 fully saturated rings. The summed E-state index contributed by atoms with van der Waals surface area (Å²) in [6, 6.07) is 11.5. The van der Waals surface area contributed by atoms with Crippen molar-refractivity contribution in [3.8, 4) is 0 Å². The van der Waals surface area contributed by atoms with E-state index in [9.17, 15) is 9.59 Å². The molecule has 0 saturated heterocycles. The molecule has 1 aliphatic heterocycles. The Morgan fingerprint density at radius 3 is 2.58 bits per heavy atom. The number of carbonyl (C=O) groups is 1. The van der Waals surface area contributed by atoms with Crippen LogP contribution >= 0.6 is 11.3 Å². The highest BCUT2D eigenvalue weighted by Crippen LogP contribution is 2.34. The third-order valence-electron chi connectivity index (χ3n) is 5.11. The van der Waals surface area contributed by atoms with Crippen molar-refractivity contribution >= 4 is 44.5 Å². The second-order valence-electron chi connectivity index (χ2n) is 6.65. The van der Waals surface area contributed by atoms with Crippen molar-refractivity contribution < 1.29 is 4.79 Å². The van der Waals surface area contributed by atoms with E-state index in [-0.39, 0.29) is 11.5 Å². The summed E-state index contributed by atoms with van der Waals surface area (Å²) in [7, 11) is 1.74. The van der Waals surface area contributed by atoms with Crippen molar-refractivity contribution in [1.29, 1.82) is 0 Å². The zero-order chi connectivity index (χ0) is 18.2. The van der Waals surface area contributed by atoms with Gasteiger partial charge >= 0.3 is 0 Å². The Bertz CT molecular complexity index is 1360. The Hall–Kier alpha value is -2.99. The molecular weight excluding hydrogens is 346 g/mol. The second kappa shape index (κ2) is 5.02. The SMILES string of the molecule is Cc1cc2nc3sc(=C4C(=O)N(C)c5ccccc54)c(=O)n3c2cc1C. The van der Waals surface area contributed by atoms with Crippen LogP contribution < -0.4 is 15.0 Å². The van der Waals surface area contributed by atoms with Gasteiger partial charge in [-0.15, -0.1) is 0 Å². The fourth-order valence-corrected chi connectivity index (χ4v) is 4.64. The van der Waals surface area contributed by atoms with E-state index in [1.807, 2.05) is 50.2 Å². The van der Waals surface area contributed by atoms with Crippen LogP contribution in [0.15, 0.2) is 41.2 Å². The average molecular weight is 361 g/mol. The highest BCUT2D eigenvalue weighted by atomic mass is 32.1. The van der Waals surface area contributed by atoms with Crippen molar-refractivity contribution in [3.05, 3.63) is 68.0 Å². The zero-order valence-corrected chi connectivity index (χ0v) is 15.3. The summed E-state index contributed by atoms with van der Waals surface area (Å²) in [6.07, 6.45) is 0. The van der Waals surface area contributed by atoms with Crippen LogP contribution in [-0.4, -0.2) is 22.3 Å². The molecule has 0 atom stereocenters. The molecule has 0 spiro atoms. The third kappa shape index (κ3) is 1.82. The van der Waals surface area contributed by atoms with Crippen LogP contribution in [0.1, 0.15) is 16.7 Å². The number of thiazole rings is 1. The van der Waals surface area contributed by atoms with Gasteiger partial charge in [0.2, 0.25) is 0 Å². The standard InChI is InChI=1S/C20H15N3O2S/c1-10-8-13-15(9-11(10)2)23-19(25)17(26-20(23)21-13)16-12-6-4-5-7-14(12)22(3)18(16)24/h4-9H,1-3H3. The molecule has 3 heterocycles. The second-order valence-corrected chi connectivity index (χ2v) is 7.63. The van der Waals surface area contributed by atoms with Gasteiger partial charge in [0, 0.05) is 12.6 Å². The number of aryl methyl sites for hydroxylation is 2. The maximum absolute atomic E-state index is 13.2. The predicted octanol–water partition coefficient (Wildman–Crippen LogP) is 2.42. The molecule has 0 bridgehead atoms. The molecule has 1 amide bonds. The Labute approximate surface area is 152 Å². The summed E-state index contributed by atoms with van der Waals surface area (Å²) in [5, 5.41) is 0. The molecule has 0 saturated carbocycles. The van der Waals surface area contributed by atoms with Gasteiger partial charge in [0.1, 0.15) is 4.53 Å². The van der Waals surface area contributed by atoms with Gasteiger partial charge in [-0.2, -0.15) is 0 Å². The van der Waals surface area contributed by atoms with E-state index in [4.69, 9.17) is 0 Å². The van der Waals surface area contributed by atoms with E-state index in [0.717, 1.165) is 33.4 Å². The molecule has 2 aromatic carbocycles. The summed E-state index contributed by atoms with van der Waals surface area (Å²) in [5.41, 5.74) is 5.79. The number of aromatic nitrogens is 2. The van der Waals surface area contributed by atoms with E-state index in [2.05, 4.69) is 4.98 Å². The fraction of sp³-hybridized carbons (Fsp3) is 0.150. The van der Waals surface area contributed by atoms with Crippen LogP contribution in [0.5, 0.6) is 0 Å². The lowest BCUT2D eigenvalue weighted by molar-refractivity contribution is -0.112. The van der Waals surface area contributed by atoms with Crippen LogP contribution in [-0.2, 0) is 4.79 Å². The summed E-state index contributed by atoms with van der Waals surface area (Å²) in [6.45, 7) is 4.05. The number of nitrogens with zero attached hydrogens (tertiary/aromatic N) is 3. The molecule has 0 N–H and O–H groups in total. The van der Waals surface area contributed by atoms with Crippen LogP contribution in [0.3, 0.4) is 0 Å². The Morgan fingerprint density at radius 1 is 1.04 bits per heavy atom. The monoisotopic (exact) mass is 361 g/mol. The normalized spacial score (nSPS) is 16.1. The zero-order valence-electron chi connectivity index (χ0n) is 14.5. The number of imidazole rings is 1. The first-order chi connectivity index (χ1) is 12.5. The minimum absolute atomic E-state index is 0.149. The van der Waals surface area contributed by atoms with E-state index in [1.54, 1.807) is 16.3 Å². The van der Waals surface area contributed by atoms with Gasteiger partial charge in [-0.1, -0.05) is 29.5 Å². The van der Waals surface area contributed by atoms with Crippen LogP contribution in [0.4, 0.5) is 5.69 Å². The number of hydrogen-bond donors (Lipinski definition) is 0. The molecule has 5 nitrogen and oxygen atoms in total. The lowest BCUT2D eigenvalue weighted by atomic mass is 10.1. The van der Waals surface area contributed by atoms with E-state index >= 15 is 0 Å². The number of anilines is 1. The molecule has 5 rings (SSSR count). The number of amides is 1. The summed E-state index contributed by atoms with van der Waals surface area (Å²) in [4.78, 5) is 32.8. The molecule has 0 radical (unpaired) electrons. The Kier molecular flexibility index (Phi) is 2.95. The van der Waals surface area contributed by atoms with Crippen molar-refractivity contribution in [2.75, 3.05) is 11.9 Å². The maximum atomic E-state index is 13.2. The highest BCUT2D eigenvalue weighted by Gasteiger charge is 2.31. The van der Waals surface area contributed by atoms with Gasteiger partial charge < -0.3 is 4.90 Å². The molecular formula is C20H15N3O2S. The molecule has 26 heavy (non-hydrogen) atoms. The van der Waals surface area contributed by atoms with Crippen molar-refractivity contribution in [3.63, 3.8) is 0 Å². The predicted molar refractivity (Wildman–Crippen MR) is 104 cm³/mol. The van der Waals surface area contributed by atoms with Crippen LogP contribution in [0.25, 0.3) is 21.6 Å². The molecule has 128 valence electrons. The molecule has 1 aliphatic rings. The van der Waals surface area contributed by atoms with Gasteiger partial charge in [0.15, 0.2) is 4.96 Å². The Morgan fingerprint density at radius 2 is 1.77 bits per heavy atom. The van der Waals surface area contributed by atoms with Gasteiger partial charge in [0.05, 0.1) is 22.3 Å². The summed E-state index contributed by atoms with van der Waals surface area (Å²) < 4.78 is 2.08. The van der Waals surface area contributed by atoms with Crippen molar-refractivity contribution in [2.45, 2.75) is 13.8 Å². The molecule has 0 aliphatic carbocycles. The fourth-order valence-electron chi connectivity index (χ4n) is 3.56. The Balaban J connectivity index is 1.94. The van der Waals surface area contributed by atoms with E-state index < -0.39 is 0 Å². The number of likely N-dealkylation sites (N-methyl/N-ethyl adjacent to an activating group) is 1. The first-order valence-corrected chi connectivity index (χ1v) is 9.13. The van der Waals surface area contributed by atoms with Gasteiger partial charge in [-0.3, -0.25) is 9.59 Å². The molecule has 2 aromatic heterocycles. The van der Waals surface area contributed by atoms with E-state index in [1.165, 1.54) is 11.3 Å². The number of hydrogen-bond acceptors (Lipinski definition) is 4. The minimum Gasteiger partial charge on any atom is -0.311 e. The smallest absolute Gasteiger partial charge is 0.275 e. The molecule has 0 unspecified atom stereocenters. The van der Waals surface area contributed by atoms with Crippen LogP contribution in [0.2, 0.25) is 0 Å². The number of rotatable bonds is 0. The van der Waals surface area contributed by atoms with Gasteiger partial charge in [-0.25, -0.2) is 9.38 Å². The number of carbonyl (C=O) groups excluding carboxylic acids is 1.